The molecule has 3 aromatic carbocycles. The van der Waals surface area contributed by atoms with Gasteiger partial charge < -0.3 is 5.73 Å². The Bertz CT molecular complexity index is 856. The summed E-state index contributed by atoms with van der Waals surface area (Å²) in [7, 11) is 0. The van der Waals surface area contributed by atoms with Gasteiger partial charge in [-0.1, -0.05) is 91.4 Å². The van der Waals surface area contributed by atoms with E-state index in [9.17, 15) is 0 Å². The molecule has 0 aromatic heterocycles. The van der Waals surface area contributed by atoms with Gasteiger partial charge in [-0.25, -0.2) is 0 Å². The topological polar surface area (TPSA) is 26.0 Å². The number of rotatable bonds is 5. The highest BCUT2D eigenvalue weighted by molar-refractivity contribution is 5.83. The number of allylic oxidation sites excluding steroid dienone is 1. The first-order valence-corrected chi connectivity index (χ1v) is 8.87. The monoisotopic (exact) mass is 327 g/mol. The van der Waals surface area contributed by atoms with Crippen LogP contribution in [-0.2, 0) is 12.8 Å². The number of benzene rings is 3. The lowest BCUT2D eigenvalue weighted by Crippen LogP contribution is -1.94. The Morgan fingerprint density at radius 3 is 2.20 bits per heavy atom. The average molecular weight is 327 g/mol. The number of aryl methyl sites for hydroxylation is 2. The molecule has 0 saturated heterocycles. The molecule has 1 nitrogen and oxygen atoms in total. The third-order valence-corrected chi connectivity index (χ3v) is 4.58. The molecular formula is C24H25N. The zero-order valence-electron chi connectivity index (χ0n) is 15.0. The van der Waals surface area contributed by atoms with E-state index in [-0.39, 0.29) is 0 Å². The van der Waals surface area contributed by atoms with Gasteiger partial charge in [-0.15, -0.1) is 0 Å². The van der Waals surface area contributed by atoms with Crippen LogP contribution < -0.4 is 5.73 Å². The van der Waals surface area contributed by atoms with Crippen LogP contribution in [0.15, 0.2) is 72.8 Å². The summed E-state index contributed by atoms with van der Waals surface area (Å²) in [5, 5.41) is 0. The van der Waals surface area contributed by atoms with Gasteiger partial charge in [0.1, 0.15) is 0 Å². The van der Waals surface area contributed by atoms with Gasteiger partial charge in [0.15, 0.2) is 0 Å². The standard InChI is InChI=1S/C24H25N/c1-3-19-14-16-21(17-15-19)23-9-5-8-22(24(23)25)7-4-6-20-12-10-18(2)11-13-20/h4-5,7-17H,3,6,25H2,1-2H3/b7-4-. The highest BCUT2D eigenvalue weighted by Gasteiger charge is 2.05. The molecule has 0 unspecified atom stereocenters. The van der Waals surface area contributed by atoms with Crippen LogP contribution in [0.3, 0.4) is 0 Å². The molecule has 0 fully saturated rings. The number of nitrogen functional groups attached to an aromatic ring is 1. The van der Waals surface area contributed by atoms with Crippen molar-refractivity contribution in [2.24, 2.45) is 0 Å². The van der Waals surface area contributed by atoms with Crippen LogP contribution in [0.5, 0.6) is 0 Å². The molecular weight excluding hydrogens is 302 g/mol. The van der Waals surface area contributed by atoms with E-state index in [4.69, 9.17) is 5.73 Å². The second-order valence-corrected chi connectivity index (χ2v) is 6.45. The summed E-state index contributed by atoms with van der Waals surface area (Å²) < 4.78 is 0. The Morgan fingerprint density at radius 1 is 0.840 bits per heavy atom. The Balaban J connectivity index is 1.80. The van der Waals surface area contributed by atoms with Gasteiger partial charge in [0.2, 0.25) is 0 Å². The second-order valence-electron chi connectivity index (χ2n) is 6.45. The van der Waals surface area contributed by atoms with Crippen LogP contribution in [0.1, 0.15) is 29.2 Å². The summed E-state index contributed by atoms with van der Waals surface area (Å²) in [5.74, 6) is 0. The quantitative estimate of drug-likeness (QED) is 0.566. The second kappa shape index (κ2) is 7.85. The summed E-state index contributed by atoms with van der Waals surface area (Å²) in [4.78, 5) is 0. The lowest BCUT2D eigenvalue weighted by molar-refractivity contribution is 1.14. The fraction of sp³-hybridized carbons (Fsp3) is 0.167. The van der Waals surface area contributed by atoms with Crippen LogP contribution in [0, 0.1) is 6.92 Å². The number of para-hydroxylation sites is 1. The van der Waals surface area contributed by atoms with Crippen molar-refractivity contribution in [1.29, 1.82) is 0 Å². The molecule has 0 radical (unpaired) electrons. The molecule has 0 aliphatic carbocycles. The normalized spacial score (nSPS) is 11.1. The first kappa shape index (κ1) is 17.0. The molecule has 0 amide bonds. The minimum Gasteiger partial charge on any atom is -0.398 e. The van der Waals surface area contributed by atoms with Crippen molar-refractivity contribution in [2.75, 3.05) is 5.73 Å². The first-order chi connectivity index (χ1) is 12.2. The maximum atomic E-state index is 6.43. The van der Waals surface area contributed by atoms with E-state index in [0.717, 1.165) is 29.7 Å². The highest BCUT2D eigenvalue weighted by atomic mass is 14.6. The van der Waals surface area contributed by atoms with Crippen LogP contribution >= 0.6 is 0 Å². The highest BCUT2D eigenvalue weighted by Crippen LogP contribution is 2.29. The van der Waals surface area contributed by atoms with Crippen molar-refractivity contribution in [1.82, 2.24) is 0 Å². The van der Waals surface area contributed by atoms with Gasteiger partial charge in [0.05, 0.1) is 0 Å². The fourth-order valence-electron chi connectivity index (χ4n) is 2.95. The SMILES string of the molecule is CCc1ccc(-c2cccc(/C=C\Cc3ccc(C)cc3)c2N)cc1. The zero-order valence-corrected chi connectivity index (χ0v) is 15.0. The molecule has 0 saturated carbocycles. The van der Waals surface area contributed by atoms with Crippen molar-refractivity contribution in [2.45, 2.75) is 26.7 Å². The molecule has 3 aromatic rings. The largest absolute Gasteiger partial charge is 0.398 e. The molecule has 1 heteroatoms. The van der Waals surface area contributed by atoms with Crippen molar-refractivity contribution >= 4 is 11.8 Å². The van der Waals surface area contributed by atoms with E-state index >= 15 is 0 Å². The van der Waals surface area contributed by atoms with E-state index < -0.39 is 0 Å². The fourth-order valence-corrected chi connectivity index (χ4v) is 2.95. The third kappa shape index (κ3) is 4.19. The van der Waals surface area contributed by atoms with E-state index in [2.05, 4.69) is 92.7 Å². The minimum atomic E-state index is 0.840. The molecule has 0 heterocycles. The number of hydrogen-bond donors (Lipinski definition) is 1. The maximum absolute atomic E-state index is 6.43. The van der Waals surface area contributed by atoms with Crippen molar-refractivity contribution < 1.29 is 0 Å². The Hall–Kier alpha value is -2.80. The molecule has 0 atom stereocenters. The number of anilines is 1. The van der Waals surface area contributed by atoms with Gasteiger partial charge in [-0.05, 0) is 42.0 Å². The predicted octanol–water partition coefficient (Wildman–Crippen LogP) is 6.06. The van der Waals surface area contributed by atoms with Crippen molar-refractivity contribution in [3.63, 3.8) is 0 Å². The van der Waals surface area contributed by atoms with Gasteiger partial charge in [0.25, 0.3) is 0 Å². The summed E-state index contributed by atoms with van der Waals surface area (Å²) >= 11 is 0. The van der Waals surface area contributed by atoms with E-state index in [1.54, 1.807) is 0 Å². The van der Waals surface area contributed by atoms with E-state index in [1.807, 2.05) is 0 Å². The van der Waals surface area contributed by atoms with Crippen LogP contribution in [-0.4, -0.2) is 0 Å². The van der Waals surface area contributed by atoms with E-state index in [0.29, 0.717) is 0 Å². The summed E-state index contributed by atoms with van der Waals surface area (Å²) in [5.41, 5.74) is 14.6. The van der Waals surface area contributed by atoms with Gasteiger partial charge in [0, 0.05) is 11.3 Å². The average Bonchev–Trinajstić information content (AvgIpc) is 2.65. The van der Waals surface area contributed by atoms with Crippen LogP contribution in [0.2, 0.25) is 0 Å². The molecule has 0 aliphatic heterocycles. The van der Waals surface area contributed by atoms with Gasteiger partial charge in [-0.3, -0.25) is 0 Å². The summed E-state index contributed by atoms with van der Waals surface area (Å²) in [6.07, 6.45) is 6.27. The minimum absolute atomic E-state index is 0.840. The third-order valence-electron chi connectivity index (χ3n) is 4.58. The van der Waals surface area contributed by atoms with Crippen molar-refractivity contribution in [3.05, 3.63) is 95.1 Å². The first-order valence-electron chi connectivity index (χ1n) is 8.87. The van der Waals surface area contributed by atoms with Crippen LogP contribution in [0.25, 0.3) is 17.2 Å². The number of nitrogens with two attached hydrogens (primary N) is 1. The molecule has 2 N–H and O–H groups in total. The predicted molar refractivity (Wildman–Crippen MR) is 110 cm³/mol. The smallest absolute Gasteiger partial charge is 0.0467 e. The number of hydrogen-bond acceptors (Lipinski definition) is 1. The molecule has 126 valence electrons. The Labute approximate surface area is 150 Å². The van der Waals surface area contributed by atoms with Crippen LogP contribution in [0.4, 0.5) is 5.69 Å². The van der Waals surface area contributed by atoms with Gasteiger partial charge >= 0.3 is 0 Å². The molecule has 0 aliphatic rings. The molecule has 3 rings (SSSR count). The maximum Gasteiger partial charge on any atom is 0.0467 e. The zero-order chi connectivity index (χ0) is 17.6. The van der Waals surface area contributed by atoms with Crippen molar-refractivity contribution in [3.8, 4) is 11.1 Å². The molecule has 0 spiro atoms. The Morgan fingerprint density at radius 2 is 1.52 bits per heavy atom. The van der Waals surface area contributed by atoms with E-state index in [1.165, 1.54) is 22.3 Å². The summed E-state index contributed by atoms with van der Waals surface area (Å²) in [6, 6.07) is 23.6. The Kier molecular flexibility index (Phi) is 5.35. The molecule has 25 heavy (non-hydrogen) atoms. The van der Waals surface area contributed by atoms with Gasteiger partial charge in [-0.2, -0.15) is 0 Å². The lowest BCUT2D eigenvalue weighted by Gasteiger charge is -2.09. The molecule has 0 bridgehead atoms. The summed E-state index contributed by atoms with van der Waals surface area (Å²) in [6.45, 7) is 4.28. The lowest BCUT2D eigenvalue weighted by atomic mass is 9.98.